The lowest BCUT2D eigenvalue weighted by Crippen LogP contribution is -2.53. The van der Waals surface area contributed by atoms with E-state index < -0.39 is 30.1 Å². The van der Waals surface area contributed by atoms with Crippen molar-refractivity contribution in [2.75, 3.05) is 6.61 Å². The van der Waals surface area contributed by atoms with Gasteiger partial charge >= 0.3 is 12.1 Å². The van der Waals surface area contributed by atoms with Gasteiger partial charge in [-0.15, -0.1) is 0 Å². The summed E-state index contributed by atoms with van der Waals surface area (Å²) in [6, 6.07) is 15.0. The van der Waals surface area contributed by atoms with Crippen molar-refractivity contribution < 1.29 is 24.2 Å². The number of carboxylic acid groups (broad SMARTS) is 1. The molecule has 2 aromatic rings. The molecule has 1 fully saturated rings. The van der Waals surface area contributed by atoms with E-state index in [0.29, 0.717) is 19.3 Å². The number of ether oxygens (including phenoxy) is 1. The third-order valence-electron chi connectivity index (χ3n) is 6.77. The predicted octanol–water partition coefficient (Wildman–Crippen LogP) is 4.06. The molecule has 33 heavy (non-hydrogen) atoms. The van der Waals surface area contributed by atoms with Crippen LogP contribution in [-0.4, -0.2) is 41.8 Å². The number of nitrogens with one attached hydrogen (secondary N) is 2. The van der Waals surface area contributed by atoms with Crippen LogP contribution in [-0.2, 0) is 14.3 Å². The van der Waals surface area contributed by atoms with Crippen LogP contribution in [0.15, 0.2) is 48.5 Å². The van der Waals surface area contributed by atoms with E-state index in [4.69, 9.17) is 4.74 Å². The molecule has 3 atom stereocenters. The molecule has 0 aliphatic heterocycles. The summed E-state index contributed by atoms with van der Waals surface area (Å²) in [6.07, 6.45) is 2.63. The normalized spacial score (nSPS) is 20.3. The molecule has 0 bridgehead atoms. The predicted molar refractivity (Wildman–Crippen MR) is 124 cm³/mol. The summed E-state index contributed by atoms with van der Waals surface area (Å²) in [5, 5.41) is 14.9. The molecule has 0 spiro atoms. The van der Waals surface area contributed by atoms with Crippen LogP contribution in [0.3, 0.4) is 0 Å². The van der Waals surface area contributed by atoms with Crippen LogP contribution in [0.2, 0.25) is 0 Å². The summed E-state index contributed by atoms with van der Waals surface area (Å²) in [5.74, 6) is -1.91. The van der Waals surface area contributed by atoms with Gasteiger partial charge in [0.15, 0.2) is 0 Å². The van der Waals surface area contributed by atoms with Gasteiger partial charge in [-0.05, 0) is 41.5 Å². The van der Waals surface area contributed by atoms with Crippen LogP contribution in [0.5, 0.6) is 0 Å². The number of carboxylic acids is 1. The fraction of sp³-hybridized carbons (Fsp3) is 0.423. The molecular weight excluding hydrogens is 420 g/mol. The van der Waals surface area contributed by atoms with Crippen LogP contribution < -0.4 is 10.6 Å². The highest BCUT2D eigenvalue weighted by atomic mass is 16.5. The standard InChI is InChI=1S/C26H30N2O5/c1-2-22(24(29)27-23-14-8-7-13-20(23)25(30)31)28-26(32)33-15-21-18-11-5-3-9-16(18)17-10-4-6-12-19(17)21/h3-6,9-12,20-23H,2,7-8,13-15H2,1H3,(H,27,29)(H,28,32)(H,30,31)/t20?,22-,23?/m0/s1. The molecule has 1 saturated carbocycles. The Kier molecular flexibility index (Phi) is 6.96. The average Bonchev–Trinajstić information content (AvgIpc) is 3.15. The molecule has 0 saturated heterocycles. The van der Waals surface area contributed by atoms with Crippen molar-refractivity contribution in [1.82, 2.24) is 10.6 Å². The van der Waals surface area contributed by atoms with Crippen LogP contribution in [0.25, 0.3) is 11.1 Å². The first-order valence-corrected chi connectivity index (χ1v) is 11.6. The Morgan fingerprint density at radius 3 is 2.21 bits per heavy atom. The van der Waals surface area contributed by atoms with Gasteiger partial charge in [-0.1, -0.05) is 68.3 Å². The summed E-state index contributed by atoms with van der Waals surface area (Å²) in [4.78, 5) is 36.8. The van der Waals surface area contributed by atoms with E-state index in [-0.39, 0.29) is 18.4 Å². The van der Waals surface area contributed by atoms with E-state index in [2.05, 4.69) is 22.8 Å². The third-order valence-corrected chi connectivity index (χ3v) is 6.77. The fourth-order valence-electron chi connectivity index (χ4n) is 5.02. The lowest BCUT2D eigenvalue weighted by molar-refractivity contribution is -0.144. The maximum atomic E-state index is 12.8. The Bertz CT molecular complexity index is 991. The molecule has 0 aromatic heterocycles. The highest BCUT2D eigenvalue weighted by Gasteiger charge is 2.34. The second-order valence-electron chi connectivity index (χ2n) is 8.77. The minimum absolute atomic E-state index is 0.0596. The second-order valence-corrected chi connectivity index (χ2v) is 8.77. The van der Waals surface area contributed by atoms with Crippen molar-refractivity contribution in [1.29, 1.82) is 0 Å². The average molecular weight is 451 g/mol. The number of fused-ring (bicyclic) bond motifs is 3. The highest BCUT2D eigenvalue weighted by Crippen LogP contribution is 2.44. The van der Waals surface area contributed by atoms with Crippen LogP contribution >= 0.6 is 0 Å². The minimum Gasteiger partial charge on any atom is -0.481 e. The van der Waals surface area contributed by atoms with Gasteiger partial charge < -0.3 is 20.5 Å². The van der Waals surface area contributed by atoms with Crippen molar-refractivity contribution in [2.45, 2.75) is 57.0 Å². The van der Waals surface area contributed by atoms with Crippen LogP contribution in [0.1, 0.15) is 56.1 Å². The quantitative estimate of drug-likeness (QED) is 0.590. The third kappa shape index (κ3) is 4.87. The van der Waals surface area contributed by atoms with Gasteiger partial charge in [0.2, 0.25) is 5.91 Å². The zero-order chi connectivity index (χ0) is 23.4. The molecule has 7 heteroatoms. The van der Waals surface area contributed by atoms with Gasteiger partial charge in [-0.3, -0.25) is 9.59 Å². The van der Waals surface area contributed by atoms with Crippen molar-refractivity contribution in [3.8, 4) is 11.1 Å². The lowest BCUT2D eigenvalue weighted by atomic mass is 9.84. The number of alkyl carbamates (subject to hydrolysis) is 1. The first-order chi connectivity index (χ1) is 16.0. The molecular formula is C26H30N2O5. The second kappa shape index (κ2) is 10.1. The van der Waals surface area contributed by atoms with Gasteiger partial charge in [0.05, 0.1) is 5.92 Å². The zero-order valence-electron chi connectivity index (χ0n) is 18.8. The lowest BCUT2D eigenvalue weighted by Gasteiger charge is -2.30. The zero-order valence-corrected chi connectivity index (χ0v) is 18.8. The summed E-state index contributed by atoms with van der Waals surface area (Å²) < 4.78 is 5.55. The van der Waals surface area contributed by atoms with Crippen LogP contribution in [0.4, 0.5) is 4.79 Å². The first kappa shape index (κ1) is 22.8. The van der Waals surface area contributed by atoms with E-state index in [1.807, 2.05) is 36.4 Å². The van der Waals surface area contributed by atoms with Gasteiger partial charge in [0.25, 0.3) is 0 Å². The largest absolute Gasteiger partial charge is 0.481 e. The van der Waals surface area contributed by atoms with E-state index in [1.54, 1.807) is 6.92 Å². The summed E-state index contributed by atoms with van der Waals surface area (Å²) >= 11 is 0. The summed E-state index contributed by atoms with van der Waals surface area (Å²) in [5.41, 5.74) is 4.53. The maximum Gasteiger partial charge on any atom is 0.407 e. The number of amides is 2. The van der Waals surface area contributed by atoms with Gasteiger partial charge in [0.1, 0.15) is 12.6 Å². The molecule has 3 N–H and O–H groups in total. The van der Waals surface area contributed by atoms with E-state index in [0.717, 1.165) is 35.1 Å². The molecule has 2 aliphatic carbocycles. The Labute approximate surface area is 193 Å². The molecule has 2 aliphatic rings. The van der Waals surface area contributed by atoms with E-state index >= 15 is 0 Å². The summed E-state index contributed by atoms with van der Waals surface area (Å²) in [6.45, 7) is 1.96. The van der Waals surface area contributed by atoms with E-state index in [9.17, 15) is 19.5 Å². The van der Waals surface area contributed by atoms with Crippen molar-refractivity contribution in [3.05, 3.63) is 59.7 Å². The van der Waals surface area contributed by atoms with Gasteiger partial charge in [-0.2, -0.15) is 0 Å². The number of carbonyl (C=O) groups excluding carboxylic acids is 2. The molecule has 174 valence electrons. The SMILES string of the molecule is CC[C@H](NC(=O)OCC1c2ccccc2-c2ccccc21)C(=O)NC1CCCCC1C(=O)O. The highest BCUT2D eigenvalue weighted by molar-refractivity contribution is 5.86. The number of hydrogen-bond donors (Lipinski definition) is 3. The number of rotatable bonds is 7. The van der Waals surface area contributed by atoms with E-state index in [1.165, 1.54) is 0 Å². The van der Waals surface area contributed by atoms with Gasteiger partial charge in [-0.25, -0.2) is 4.79 Å². The Balaban J connectivity index is 1.36. The van der Waals surface area contributed by atoms with Crippen molar-refractivity contribution in [2.24, 2.45) is 5.92 Å². The molecule has 0 heterocycles. The molecule has 0 radical (unpaired) electrons. The number of aliphatic carboxylic acids is 1. The van der Waals surface area contributed by atoms with Crippen molar-refractivity contribution in [3.63, 3.8) is 0 Å². The topological polar surface area (TPSA) is 105 Å². The number of benzene rings is 2. The minimum atomic E-state index is -0.891. The Morgan fingerprint density at radius 2 is 1.61 bits per heavy atom. The van der Waals surface area contributed by atoms with Crippen molar-refractivity contribution >= 4 is 18.0 Å². The number of hydrogen-bond acceptors (Lipinski definition) is 4. The van der Waals surface area contributed by atoms with Gasteiger partial charge in [0, 0.05) is 12.0 Å². The Hall–Kier alpha value is -3.35. The first-order valence-electron chi connectivity index (χ1n) is 11.6. The smallest absolute Gasteiger partial charge is 0.407 e. The number of carbonyl (C=O) groups is 3. The fourth-order valence-corrected chi connectivity index (χ4v) is 5.02. The van der Waals surface area contributed by atoms with Crippen LogP contribution in [0, 0.1) is 5.92 Å². The molecule has 2 amide bonds. The molecule has 4 rings (SSSR count). The molecule has 7 nitrogen and oxygen atoms in total. The molecule has 2 unspecified atom stereocenters. The summed E-state index contributed by atoms with van der Waals surface area (Å²) in [7, 11) is 0. The molecule has 2 aromatic carbocycles. The maximum absolute atomic E-state index is 12.8. The Morgan fingerprint density at radius 1 is 1.00 bits per heavy atom. The monoisotopic (exact) mass is 450 g/mol.